The number of aromatic nitrogens is 2. The summed E-state index contributed by atoms with van der Waals surface area (Å²) in [5.41, 5.74) is 2.13. The van der Waals surface area contributed by atoms with Crippen LogP contribution >= 0.6 is 0 Å². The highest BCUT2D eigenvalue weighted by molar-refractivity contribution is 5.79. The fraction of sp³-hybridized carbons (Fsp3) is 0.500. The van der Waals surface area contributed by atoms with Crippen LogP contribution in [0.15, 0.2) is 42.7 Å². The summed E-state index contributed by atoms with van der Waals surface area (Å²) in [5, 5.41) is 3.28. The summed E-state index contributed by atoms with van der Waals surface area (Å²) in [6.07, 6.45) is 11.8. The first-order valence-electron chi connectivity index (χ1n) is 10.2. The maximum absolute atomic E-state index is 12.7. The summed E-state index contributed by atoms with van der Waals surface area (Å²) in [6, 6.07) is 10.5. The fourth-order valence-electron chi connectivity index (χ4n) is 4.20. The molecule has 1 aliphatic carbocycles. The Balaban J connectivity index is 1.38. The molecule has 1 N–H and O–H groups in total. The van der Waals surface area contributed by atoms with Crippen LogP contribution in [0.3, 0.4) is 0 Å². The van der Waals surface area contributed by atoms with E-state index in [-0.39, 0.29) is 11.8 Å². The molecule has 2 heterocycles. The second-order valence-electron chi connectivity index (χ2n) is 7.77. The van der Waals surface area contributed by atoms with E-state index in [0.717, 1.165) is 49.3 Å². The van der Waals surface area contributed by atoms with Gasteiger partial charge in [-0.25, -0.2) is 9.97 Å². The Morgan fingerprint density at radius 3 is 2.41 bits per heavy atom. The van der Waals surface area contributed by atoms with E-state index in [4.69, 9.17) is 0 Å². The highest BCUT2D eigenvalue weighted by Crippen LogP contribution is 2.24. The predicted octanol–water partition coefficient (Wildman–Crippen LogP) is 3.81. The molecule has 1 saturated carbocycles. The molecule has 1 aliphatic heterocycles. The first-order valence-corrected chi connectivity index (χ1v) is 10.2. The molecule has 1 saturated heterocycles. The van der Waals surface area contributed by atoms with Crippen LogP contribution in [0.5, 0.6) is 0 Å². The number of amides is 1. The largest absolute Gasteiger partial charge is 0.353 e. The van der Waals surface area contributed by atoms with E-state index in [2.05, 4.69) is 32.3 Å². The number of hydrogen-bond donors (Lipinski definition) is 1. The first-order chi connectivity index (χ1) is 13.3. The van der Waals surface area contributed by atoms with Crippen molar-refractivity contribution in [3.8, 4) is 11.1 Å². The van der Waals surface area contributed by atoms with Crippen LogP contribution in [-0.2, 0) is 4.79 Å². The Kier molecular flexibility index (Phi) is 5.66. The zero-order chi connectivity index (χ0) is 18.5. The fourth-order valence-corrected chi connectivity index (χ4v) is 4.20. The zero-order valence-corrected chi connectivity index (χ0v) is 15.8. The van der Waals surface area contributed by atoms with Crippen molar-refractivity contribution >= 4 is 11.9 Å². The third kappa shape index (κ3) is 4.46. The highest BCUT2D eigenvalue weighted by atomic mass is 16.2. The molecular formula is C22H28N4O. The molecule has 27 heavy (non-hydrogen) atoms. The Morgan fingerprint density at radius 2 is 1.67 bits per heavy atom. The van der Waals surface area contributed by atoms with Gasteiger partial charge in [0.15, 0.2) is 0 Å². The smallest absolute Gasteiger partial charge is 0.225 e. The Labute approximate surface area is 161 Å². The molecule has 2 aliphatic rings. The van der Waals surface area contributed by atoms with Crippen molar-refractivity contribution in [1.82, 2.24) is 15.3 Å². The molecule has 1 amide bonds. The normalized spacial score (nSPS) is 21.0. The molecule has 2 fully saturated rings. The van der Waals surface area contributed by atoms with Crippen LogP contribution in [0.2, 0.25) is 0 Å². The van der Waals surface area contributed by atoms with Crippen LogP contribution in [0, 0.1) is 5.92 Å². The first kappa shape index (κ1) is 18.0. The molecule has 5 heteroatoms. The third-order valence-electron chi connectivity index (χ3n) is 5.77. The van der Waals surface area contributed by atoms with E-state index in [1.54, 1.807) is 0 Å². The molecule has 1 atom stereocenters. The summed E-state index contributed by atoms with van der Waals surface area (Å²) in [5.74, 6) is 0.982. The number of piperidine rings is 1. The molecule has 1 aromatic carbocycles. The van der Waals surface area contributed by atoms with Gasteiger partial charge in [-0.05, 0) is 31.2 Å². The SMILES string of the molecule is O=C(NC1CCCCC1)C1CCCN(c2ncc(-c3ccccc3)cn2)C1. The van der Waals surface area contributed by atoms with E-state index in [9.17, 15) is 4.79 Å². The van der Waals surface area contributed by atoms with Gasteiger partial charge in [0.1, 0.15) is 0 Å². The number of anilines is 1. The summed E-state index contributed by atoms with van der Waals surface area (Å²) in [4.78, 5) is 24.0. The molecule has 0 spiro atoms. The van der Waals surface area contributed by atoms with Crippen molar-refractivity contribution in [2.75, 3.05) is 18.0 Å². The number of carbonyl (C=O) groups excluding carboxylic acids is 1. The lowest BCUT2D eigenvalue weighted by Gasteiger charge is -2.33. The molecule has 0 radical (unpaired) electrons. The van der Waals surface area contributed by atoms with Gasteiger partial charge in [0.25, 0.3) is 0 Å². The van der Waals surface area contributed by atoms with Crippen molar-refractivity contribution in [3.63, 3.8) is 0 Å². The third-order valence-corrected chi connectivity index (χ3v) is 5.77. The molecule has 5 nitrogen and oxygen atoms in total. The lowest BCUT2D eigenvalue weighted by molar-refractivity contribution is -0.126. The minimum atomic E-state index is 0.0399. The second kappa shape index (κ2) is 8.51. The van der Waals surface area contributed by atoms with Crippen molar-refractivity contribution < 1.29 is 4.79 Å². The number of nitrogens with one attached hydrogen (secondary N) is 1. The van der Waals surface area contributed by atoms with Gasteiger partial charge in [0, 0.05) is 37.1 Å². The Bertz CT molecular complexity index is 741. The average molecular weight is 364 g/mol. The molecule has 2 aromatic rings. The lowest BCUT2D eigenvalue weighted by Crippen LogP contribution is -2.46. The van der Waals surface area contributed by atoms with E-state index in [0.29, 0.717) is 12.6 Å². The number of rotatable bonds is 4. The maximum atomic E-state index is 12.7. The Hall–Kier alpha value is -2.43. The van der Waals surface area contributed by atoms with E-state index < -0.39 is 0 Å². The minimum absolute atomic E-state index is 0.0399. The van der Waals surface area contributed by atoms with E-state index in [1.807, 2.05) is 30.6 Å². The van der Waals surface area contributed by atoms with Gasteiger partial charge in [-0.1, -0.05) is 49.6 Å². The zero-order valence-electron chi connectivity index (χ0n) is 15.8. The van der Waals surface area contributed by atoms with Crippen LogP contribution in [0.1, 0.15) is 44.9 Å². The van der Waals surface area contributed by atoms with Crippen molar-refractivity contribution in [1.29, 1.82) is 0 Å². The summed E-state index contributed by atoms with van der Waals surface area (Å²) in [7, 11) is 0. The molecule has 0 bridgehead atoms. The van der Waals surface area contributed by atoms with Crippen LogP contribution in [0.4, 0.5) is 5.95 Å². The lowest BCUT2D eigenvalue weighted by atomic mass is 9.93. The summed E-state index contributed by atoms with van der Waals surface area (Å²) < 4.78 is 0. The maximum Gasteiger partial charge on any atom is 0.225 e. The van der Waals surface area contributed by atoms with Gasteiger partial charge >= 0.3 is 0 Å². The molecule has 1 aromatic heterocycles. The molecule has 142 valence electrons. The van der Waals surface area contributed by atoms with Crippen molar-refractivity contribution in [2.24, 2.45) is 5.92 Å². The van der Waals surface area contributed by atoms with Gasteiger partial charge < -0.3 is 10.2 Å². The molecule has 4 rings (SSSR count). The second-order valence-corrected chi connectivity index (χ2v) is 7.77. The van der Waals surface area contributed by atoms with Crippen LogP contribution in [0.25, 0.3) is 11.1 Å². The topological polar surface area (TPSA) is 58.1 Å². The van der Waals surface area contributed by atoms with Crippen molar-refractivity contribution in [3.05, 3.63) is 42.7 Å². The van der Waals surface area contributed by atoms with E-state index >= 15 is 0 Å². The predicted molar refractivity (Wildman–Crippen MR) is 107 cm³/mol. The number of benzene rings is 1. The number of hydrogen-bond acceptors (Lipinski definition) is 4. The van der Waals surface area contributed by atoms with E-state index in [1.165, 1.54) is 19.3 Å². The van der Waals surface area contributed by atoms with Crippen LogP contribution < -0.4 is 10.2 Å². The van der Waals surface area contributed by atoms with Gasteiger partial charge in [0.2, 0.25) is 11.9 Å². The molecular weight excluding hydrogens is 336 g/mol. The van der Waals surface area contributed by atoms with Gasteiger partial charge in [-0.2, -0.15) is 0 Å². The summed E-state index contributed by atoms with van der Waals surface area (Å²) >= 11 is 0. The number of carbonyl (C=O) groups is 1. The monoisotopic (exact) mass is 364 g/mol. The quantitative estimate of drug-likeness (QED) is 0.896. The van der Waals surface area contributed by atoms with Gasteiger partial charge in [-0.3, -0.25) is 4.79 Å². The van der Waals surface area contributed by atoms with Crippen LogP contribution in [-0.4, -0.2) is 35.0 Å². The standard InChI is InChI=1S/C22H28N4O/c27-21(25-20-11-5-2-6-12-20)18-10-7-13-26(16-18)22-23-14-19(15-24-22)17-8-3-1-4-9-17/h1,3-4,8-9,14-15,18,20H,2,5-7,10-13,16H2,(H,25,27). The van der Waals surface area contributed by atoms with Gasteiger partial charge in [0.05, 0.1) is 5.92 Å². The highest BCUT2D eigenvalue weighted by Gasteiger charge is 2.28. The average Bonchev–Trinajstić information content (AvgIpc) is 2.75. The molecule has 1 unspecified atom stereocenters. The van der Waals surface area contributed by atoms with Gasteiger partial charge in [-0.15, -0.1) is 0 Å². The Morgan fingerprint density at radius 1 is 0.926 bits per heavy atom. The minimum Gasteiger partial charge on any atom is -0.353 e. The summed E-state index contributed by atoms with van der Waals surface area (Å²) in [6.45, 7) is 1.63. The van der Waals surface area contributed by atoms with Crippen molar-refractivity contribution in [2.45, 2.75) is 51.0 Å². The number of nitrogens with zero attached hydrogens (tertiary/aromatic N) is 3.